The predicted molar refractivity (Wildman–Crippen MR) is 63.2 cm³/mol. The number of hydrogen-bond acceptors (Lipinski definition) is 4. The van der Waals surface area contributed by atoms with Gasteiger partial charge in [-0.05, 0) is 13.8 Å². The fraction of sp³-hybridized carbons (Fsp3) is 0.818. The van der Waals surface area contributed by atoms with Crippen LogP contribution in [0.25, 0.3) is 0 Å². The lowest BCUT2D eigenvalue weighted by Crippen LogP contribution is -2.56. The quantitative estimate of drug-likeness (QED) is 0.641. The largest absolute Gasteiger partial charge is 0.481 e. The molecule has 18 heavy (non-hydrogen) atoms. The Hall–Kier alpha value is -1.34. The van der Waals surface area contributed by atoms with Crippen LogP contribution in [0, 0.1) is 0 Å². The van der Waals surface area contributed by atoms with Gasteiger partial charge < -0.3 is 25.2 Å². The Morgan fingerprint density at radius 3 is 2.78 bits per heavy atom. The van der Waals surface area contributed by atoms with Gasteiger partial charge in [0.15, 0.2) is 0 Å². The molecule has 1 rings (SSSR count). The molecule has 1 saturated heterocycles. The number of hydrogen-bond donors (Lipinski definition) is 3. The van der Waals surface area contributed by atoms with Crippen molar-refractivity contribution in [2.45, 2.75) is 38.5 Å². The number of nitrogens with one attached hydrogen (secondary N) is 1. The van der Waals surface area contributed by atoms with E-state index in [1.165, 1.54) is 0 Å². The first kappa shape index (κ1) is 14.7. The Kier molecular flexibility index (Phi) is 5.36. The van der Waals surface area contributed by atoms with Crippen LogP contribution in [0.4, 0.5) is 4.79 Å². The molecule has 1 heterocycles. The van der Waals surface area contributed by atoms with Crippen molar-refractivity contribution in [3.8, 4) is 0 Å². The van der Waals surface area contributed by atoms with Gasteiger partial charge in [0, 0.05) is 6.04 Å². The smallest absolute Gasteiger partial charge is 0.318 e. The molecule has 104 valence electrons. The molecule has 0 aromatic rings. The minimum Gasteiger partial charge on any atom is -0.481 e. The SMILES string of the molecule is CC(CC(=O)O)NC(=O)N1CC(CO)OCC1C. The molecular formula is C11H20N2O5. The summed E-state index contributed by atoms with van der Waals surface area (Å²) < 4.78 is 5.32. The van der Waals surface area contributed by atoms with Gasteiger partial charge in [-0.25, -0.2) is 4.79 Å². The number of ether oxygens (including phenoxy) is 1. The predicted octanol–water partition coefficient (Wildman–Crippen LogP) is -0.359. The molecule has 1 aliphatic heterocycles. The van der Waals surface area contributed by atoms with Crippen molar-refractivity contribution < 1.29 is 24.5 Å². The average molecular weight is 260 g/mol. The lowest BCUT2D eigenvalue weighted by atomic mass is 10.2. The van der Waals surface area contributed by atoms with Gasteiger partial charge in [0.1, 0.15) is 0 Å². The molecule has 0 aromatic heterocycles. The van der Waals surface area contributed by atoms with Gasteiger partial charge in [0.2, 0.25) is 0 Å². The highest BCUT2D eigenvalue weighted by atomic mass is 16.5. The summed E-state index contributed by atoms with van der Waals surface area (Å²) in [6, 6.07) is -0.847. The van der Waals surface area contributed by atoms with Crippen LogP contribution in [0.2, 0.25) is 0 Å². The molecule has 0 radical (unpaired) electrons. The van der Waals surface area contributed by atoms with Gasteiger partial charge in [0.25, 0.3) is 0 Å². The number of aliphatic hydroxyl groups excluding tert-OH is 1. The number of carboxylic acids is 1. The van der Waals surface area contributed by atoms with Crippen LogP contribution >= 0.6 is 0 Å². The summed E-state index contributed by atoms with van der Waals surface area (Å²) in [5.74, 6) is -0.953. The summed E-state index contributed by atoms with van der Waals surface area (Å²) in [4.78, 5) is 24.0. The maximum Gasteiger partial charge on any atom is 0.318 e. The minimum absolute atomic E-state index is 0.0928. The first-order valence-electron chi connectivity index (χ1n) is 5.95. The zero-order valence-corrected chi connectivity index (χ0v) is 10.6. The van der Waals surface area contributed by atoms with E-state index in [2.05, 4.69) is 5.32 Å². The summed E-state index contributed by atoms with van der Waals surface area (Å²) in [5.41, 5.74) is 0. The summed E-state index contributed by atoms with van der Waals surface area (Å²) in [5, 5.41) is 20.3. The van der Waals surface area contributed by atoms with Crippen molar-refractivity contribution in [3.05, 3.63) is 0 Å². The van der Waals surface area contributed by atoms with Crippen LogP contribution in [0.1, 0.15) is 20.3 Å². The van der Waals surface area contributed by atoms with Gasteiger partial charge in [-0.1, -0.05) is 0 Å². The van der Waals surface area contributed by atoms with Crippen LogP contribution in [0.15, 0.2) is 0 Å². The third-order valence-corrected chi connectivity index (χ3v) is 2.82. The highest BCUT2D eigenvalue weighted by molar-refractivity contribution is 5.76. The van der Waals surface area contributed by atoms with Crippen molar-refractivity contribution in [3.63, 3.8) is 0 Å². The summed E-state index contributed by atoms with van der Waals surface area (Å²) in [7, 11) is 0. The van der Waals surface area contributed by atoms with Gasteiger partial charge in [-0.2, -0.15) is 0 Å². The number of rotatable bonds is 4. The van der Waals surface area contributed by atoms with E-state index in [0.29, 0.717) is 13.2 Å². The van der Waals surface area contributed by atoms with E-state index >= 15 is 0 Å². The number of aliphatic hydroxyl groups is 1. The van der Waals surface area contributed by atoms with E-state index in [0.717, 1.165) is 0 Å². The van der Waals surface area contributed by atoms with Gasteiger partial charge in [-0.3, -0.25) is 4.79 Å². The minimum atomic E-state index is -0.953. The number of carboxylic acid groups (broad SMARTS) is 1. The zero-order chi connectivity index (χ0) is 13.7. The Morgan fingerprint density at radius 1 is 1.56 bits per heavy atom. The molecule has 0 saturated carbocycles. The van der Waals surface area contributed by atoms with Gasteiger partial charge in [-0.15, -0.1) is 0 Å². The molecule has 7 nitrogen and oxygen atoms in total. The third-order valence-electron chi connectivity index (χ3n) is 2.82. The second-order valence-corrected chi connectivity index (χ2v) is 4.59. The number of aliphatic carboxylic acids is 1. The maximum absolute atomic E-state index is 11.9. The first-order chi connectivity index (χ1) is 8.43. The van der Waals surface area contributed by atoms with E-state index < -0.39 is 12.0 Å². The van der Waals surface area contributed by atoms with Crippen LogP contribution in [0.5, 0.6) is 0 Å². The van der Waals surface area contributed by atoms with Gasteiger partial charge in [0.05, 0.1) is 38.3 Å². The van der Waals surface area contributed by atoms with E-state index in [-0.39, 0.29) is 31.2 Å². The van der Waals surface area contributed by atoms with Gasteiger partial charge >= 0.3 is 12.0 Å². The second-order valence-electron chi connectivity index (χ2n) is 4.59. The molecule has 0 aliphatic carbocycles. The molecule has 1 fully saturated rings. The fourth-order valence-electron chi connectivity index (χ4n) is 1.82. The molecule has 7 heteroatoms. The molecule has 0 aromatic carbocycles. The van der Waals surface area contributed by atoms with E-state index in [1.54, 1.807) is 11.8 Å². The number of morpholine rings is 1. The number of amides is 2. The van der Waals surface area contributed by atoms with Crippen molar-refractivity contribution in [1.82, 2.24) is 10.2 Å². The third kappa shape index (κ3) is 4.15. The van der Waals surface area contributed by atoms with Crippen LogP contribution < -0.4 is 5.32 Å². The molecule has 3 atom stereocenters. The highest BCUT2D eigenvalue weighted by Gasteiger charge is 2.29. The molecule has 3 N–H and O–H groups in total. The molecule has 3 unspecified atom stereocenters. The second kappa shape index (κ2) is 6.55. The van der Waals surface area contributed by atoms with Crippen LogP contribution in [-0.2, 0) is 9.53 Å². The van der Waals surface area contributed by atoms with Crippen molar-refractivity contribution in [1.29, 1.82) is 0 Å². The Bertz CT molecular complexity index is 310. The maximum atomic E-state index is 11.9. The molecule has 2 amide bonds. The number of urea groups is 1. The molecule has 1 aliphatic rings. The first-order valence-corrected chi connectivity index (χ1v) is 5.95. The Morgan fingerprint density at radius 2 is 2.22 bits per heavy atom. The molecular weight excluding hydrogens is 240 g/mol. The van der Waals surface area contributed by atoms with Crippen LogP contribution in [0.3, 0.4) is 0 Å². The van der Waals surface area contributed by atoms with Crippen molar-refractivity contribution in [2.24, 2.45) is 0 Å². The molecule has 0 spiro atoms. The number of carbonyl (C=O) groups is 2. The number of nitrogens with zero attached hydrogens (tertiary/aromatic N) is 1. The Labute approximate surface area is 106 Å². The summed E-state index contributed by atoms with van der Waals surface area (Å²) in [6.45, 7) is 4.02. The fourth-order valence-corrected chi connectivity index (χ4v) is 1.82. The standard InChI is InChI=1S/C11H20N2O5/c1-7(3-10(15)16)12-11(17)13-4-9(5-14)18-6-8(13)2/h7-9,14H,3-6H2,1-2H3,(H,12,17)(H,15,16). The van der Waals surface area contributed by atoms with Crippen molar-refractivity contribution >= 4 is 12.0 Å². The van der Waals surface area contributed by atoms with E-state index in [4.69, 9.17) is 14.9 Å². The monoisotopic (exact) mass is 260 g/mol. The normalized spacial score (nSPS) is 25.6. The number of carbonyl (C=O) groups excluding carboxylic acids is 1. The highest BCUT2D eigenvalue weighted by Crippen LogP contribution is 2.11. The van der Waals surface area contributed by atoms with Crippen LogP contribution in [-0.4, -0.2) is 65.1 Å². The average Bonchev–Trinajstić information content (AvgIpc) is 2.28. The van der Waals surface area contributed by atoms with E-state index in [9.17, 15) is 9.59 Å². The lowest BCUT2D eigenvalue weighted by molar-refractivity contribution is -0.137. The lowest BCUT2D eigenvalue weighted by Gasteiger charge is -2.37. The zero-order valence-electron chi connectivity index (χ0n) is 10.6. The topological polar surface area (TPSA) is 99.1 Å². The van der Waals surface area contributed by atoms with E-state index in [1.807, 2.05) is 6.92 Å². The van der Waals surface area contributed by atoms with Crippen molar-refractivity contribution in [2.75, 3.05) is 19.8 Å². The summed E-state index contributed by atoms with van der Waals surface area (Å²) >= 11 is 0. The summed E-state index contributed by atoms with van der Waals surface area (Å²) in [6.07, 6.45) is -0.491. The molecule has 0 bridgehead atoms. The Balaban J connectivity index is 2.50.